The average molecular weight is 209 g/mol. The molecule has 2 N–H and O–H groups in total. The fourth-order valence-corrected chi connectivity index (χ4v) is 1.51. The van der Waals surface area contributed by atoms with Gasteiger partial charge in [0.1, 0.15) is 0 Å². The second-order valence-corrected chi connectivity index (χ2v) is 3.63. The Labute approximate surface area is 91.1 Å². The van der Waals surface area contributed by atoms with E-state index in [1.165, 1.54) is 0 Å². The highest BCUT2D eigenvalue weighted by Crippen LogP contribution is 2.19. The number of aromatic nitrogens is 1. The first-order valence-corrected chi connectivity index (χ1v) is 5.15. The van der Waals surface area contributed by atoms with Crippen LogP contribution in [-0.4, -0.2) is 31.2 Å². The van der Waals surface area contributed by atoms with Crippen LogP contribution in [0, 0.1) is 0 Å². The van der Waals surface area contributed by atoms with Crippen LogP contribution >= 0.6 is 0 Å². The number of pyridine rings is 1. The maximum Gasteiger partial charge on any atom is 0.214 e. The molecule has 4 nitrogen and oxygen atoms in total. The lowest BCUT2D eigenvalue weighted by Crippen LogP contribution is -2.35. The maximum absolute atomic E-state index is 5.59. The number of anilines is 1. The van der Waals surface area contributed by atoms with Gasteiger partial charge in [0, 0.05) is 37.1 Å². The van der Waals surface area contributed by atoms with Gasteiger partial charge in [-0.1, -0.05) is 0 Å². The molecule has 4 heteroatoms. The first kappa shape index (κ1) is 11.8. The quantitative estimate of drug-likeness (QED) is 0.793. The van der Waals surface area contributed by atoms with E-state index in [2.05, 4.69) is 23.7 Å². The summed E-state index contributed by atoms with van der Waals surface area (Å²) in [4.78, 5) is 6.31. The minimum absolute atomic E-state index is 0.417. The van der Waals surface area contributed by atoms with Gasteiger partial charge in [-0.05, 0) is 19.9 Å². The molecule has 0 aliphatic rings. The summed E-state index contributed by atoms with van der Waals surface area (Å²) < 4.78 is 5.09. The summed E-state index contributed by atoms with van der Waals surface area (Å²) in [5.41, 5.74) is 6.69. The van der Waals surface area contributed by atoms with Crippen LogP contribution in [0.25, 0.3) is 0 Å². The largest absolute Gasteiger partial charge is 0.481 e. The molecule has 0 atom stereocenters. The molecule has 15 heavy (non-hydrogen) atoms. The van der Waals surface area contributed by atoms with E-state index in [0.717, 1.165) is 12.2 Å². The SMILES string of the molecule is COc1cc(N(CCN)C(C)C)ccn1. The highest BCUT2D eigenvalue weighted by molar-refractivity contribution is 5.48. The fourth-order valence-electron chi connectivity index (χ4n) is 1.51. The molecule has 1 heterocycles. The molecule has 84 valence electrons. The minimum Gasteiger partial charge on any atom is -0.481 e. The topological polar surface area (TPSA) is 51.4 Å². The van der Waals surface area contributed by atoms with Gasteiger partial charge in [-0.25, -0.2) is 4.98 Å². The number of hydrogen-bond acceptors (Lipinski definition) is 4. The third-order valence-corrected chi connectivity index (χ3v) is 2.25. The normalized spacial score (nSPS) is 10.5. The average Bonchev–Trinajstić information content (AvgIpc) is 2.25. The summed E-state index contributed by atoms with van der Waals surface area (Å²) in [5.74, 6) is 0.634. The predicted octanol–water partition coefficient (Wildman–Crippen LogP) is 1.26. The highest BCUT2D eigenvalue weighted by atomic mass is 16.5. The van der Waals surface area contributed by atoms with Crippen LogP contribution in [0.1, 0.15) is 13.8 Å². The first-order chi connectivity index (χ1) is 7.19. The summed E-state index contributed by atoms with van der Waals surface area (Å²) in [6.45, 7) is 5.76. The van der Waals surface area contributed by atoms with Crippen molar-refractivity contribution in [1.82, 2.24) is 4.98 Å². The Hall–Kier alpha value is -1.29. The van der Waals surface area contributed by atoms with Crippen LogP contribution in [0.5, 0.6) is 5.88 Å². The number of hydrogen-bond donors (Lipinski definition) is 1. The lowest BCUT2D eigenvalue weighted by atomic mass is 10.2. The molecular weight excluding hydrogens is 190 g/mol. The van der Waals surface area contributed by atoms with E-state index in [-0.39, 0.29) is 0 Å². The lowest BCUT2D eigenvalue weighted by molar-refractivity contribution is 0.398. The maximum atomic E-state index is 5.59. The third-order valence-electron chi connectivity index (χ3n) is 2.25. The van der Waals surface area contributed by atoms with E-state index < -0.39 is 0 Å². The molecule has 1 aromatic heterocycles. The summed E-state index contributed by atoms with van der Waals surface area (Å²) in [7, 11) is 1.62. The number of nitrogens with zero attached hydrogens (tertiary/aromatic N) is 2. The van der Waals surface area contributed by atoms with Crippen molar-refractivity contribution in [3.63, 3.8) is 0 Å². The molecule has 0 saturated carbocycles. The van der Waals surface area contributed by atoms with Gasteiger partial charge in [-0.2, -0.15) is 0 Å². The molecule has 1 rings (SSSR count). The summed E-state index contributed by atoms with van der Waals surface area (Å²) >= 11 is 0. The van der Waals surface area contributed by atoms with Gasteiger partial charge in [0.25, 0.3) is 0 Å². The van der Waals surface area contributed by atoms with Crippen LogP contribution in [0.4, 0.5) is 5.69 Å². The molecule has 0 bridgehead atoms. The van der Waals surface area contributed by atoms with E-state index in [4.69, 9.17) is 10.5 Å². The van der Waals surface area contributed by atoms with Gasteiger partial charge in [-0.15, -0.1) is 0 Å². The van der Waals surface area contributed by atoms with E-state index in [0.29, 0.717) is 18.5 Å². The number of rotatable bonds is 5. The number of ether oxygens (including phenoxy) is 1. The smallest absolute Gasteiger partial charge is 0.214 e. The Bertz CT molecular complexity index is 302. The van der Waals surface area contributed by atoms with Crippen molar-refractivity contribution in [3.05, 3.63) is 18.3 Å². The lowest BCUT2D eigenvalue weighted by Gasteiger charge is -2.28. The minimum atomic E-state index is 0.417. The molecule has 0 amide bonds. The zero-order chi connectivity index (χ0) is 11.3. The Balaban J connectivity index is 2.89. The van der Waals surface area contributed by atoms with E-state index in [9.17, 15) is 0 Å². The van der Waals surface area contributed by atoms with E-state index >= 15 is 0 Å². The van der Waals surface area contributed by atoms with Crippen LogP contribution in [0.2, 0.25) is 0 Å². The number of methoxy groups -OCH3 is 1. The molecule has 0 aromatic carbocycles. The van der Waals surface area contributed by atoms with E-state index in [1.54, 1.807) is 13.3 Å². The van der Waals surface area contributed by atoms with Crippen molar-refractivity contribution in [1.29, 1.82) is 0 Å². The second kappa shape index (κ2) is 5.56. The van der Waals surface area contributed by atoms with Gasteiger partial charge >= 0.3 is 0 Å². The Morgan fingerprint density at radius 3 is 2.80 bits per heavy atom. The van der Waals surface area contributed by atoms with Gasteiger partial charge in [0.2, 0.25) is 5.88 Å². The molecule has 0 radical (unpaired) electrons. The molecule has 0 fully saturated rings. The standard InChI is InChI=1S/C11H19N3O/c1-9(2)14(7-5-12)10-4-6-13-11(8-10)15-3/h4,6,8-9H,5,7,12H2,1-3H3. The first-order valence-electron chi connectivity index (χ1n) is 5.15. The Morgan fingerprint density at radius 2 is 2.27 bits per heavy atom. The summed E-state index contributed by atoms with van der Waals surface area (Å²) in [5, 5.41) is 0. The Kier molecular flexibility index (Phi) is 4.37. The molecule has 0 unspecified atom stereocenters. The molecule has 0 aliphatic carbocycles. The molecule has 0 spiro atoms. The van der Waals surface area contributed by atoms with Gasteiger partial charge in [0.05, 0.1) is 7.11 Å². The van der Waals surface area contributed by atoms with Crippen molar-refractivity contribution in [2.24, 2.45) is 5.73 Å². The van der Waals surface area contributed by atoms with Gasteiger partial charge < -0.3 is 15.4 Å². The monoisotopic (exact) mass is 209 g/mol. The fraction of sp³-hybridized carbons (Fsp3) is 0.545. The highest BCUT2D eigenvalue weighted by Gasteiger charge is 2.10. The number of nitrogens with two attached hydrogens (primary N) is 1. The van der Waals surface area contributed by atoms with Crippen molar-refractivity contribution in [2.45, 2.75) is 19.9 Å². The molecular formula is C11H19N3O. The second-order valence-electron chi connectivity index (χ2n) is 3.63. The Morgan fingerprint density at radius 1 is 1.53 bits per heavy atom. The van der Waals surface area contributed by atoms with Gasteiger partial charge in [0.15, 0.2) is 0 Å². The molecule has 0 aliphatic heterocycles. The van der Waals surface area contributed by atoms with Crippen molar-refractivity contribution >= 4 is 5.69 Å². The van der Waals surface area contributed by atoms with Crippen molar-refractivity contribution in [2.75, 3.05) is 25.1 Å². The van der Waals surface area contributed by atoms with Crippen molar-refractivity contribution in [3.8, 4) is 5.88 Å². The molecule has 1 aromatic rings. The zero-order valence-electron chi connectivity index (χ0n) is 9.60. The predicted molar refractivity (Wildman–Crippen MR) is 62.3 cm³/mol. The van der Waals surface area contributed by atoms with E-state index in [1.807, 2.05) is 12.1 Å². The van der Waals surface area contributed by atoms with Crippen molar-refractivity contribution < 1.29 is 4.74 Å². The molecule has 0 saturated heterocycles. The third kappa shape index (κ3) is 3.09. The summed E-state index contributed by atoms with van der Waals surface area (Å²) in [6, 6.07) is 4.31. The summed E-state index contributed by atoms with van der Waals surface area (Å²) in [6.07, 6.45) is 1.75. The van der Waals surface area contributed by atoms with Gasteiger partial charge in [-0.3, -0.25) is 0 Å². The van der Waals surface area contributed by atoms with Crippen LogP contribution in [-0.2, 0) is 0 Å². The van der Waals surface area contributed by atoms with Crippen LogP contribution < -0.4 is 15.4 Å². The van der Waals surface area contributed by atoms with Crippen LogP contribution in [0.15, 0.2) is 18.3 Å². The van der Waals surface area contributed by atoms with Crippen LogP contribution in [0.3, 0.4) is 0 Å². The zero-order valence-corrected chi connectivity index (χ0v) is 9.60.